The van der Waals surface area contributed by atoms with Crippen LogP contribution in [0.4, 0.5) is 0 Å². The molecule has 0 bridgehead atoms. The number of pyridine rings is 10. The molecule has 0 radical (unpaired) electrons. The Balaban J connectivity index is 0.000000169. The van der Waals surface area contributed by atoms with Crippen molar-refractivity contribution in [2.24, 2.45) is 70.5 Å². The zero-order valence-corrected chi connectivity index (χ0v) is 80.6. The predicted octanol–water partition coefficient (Wildman–Crippen LogP) is 21.4. The minimum Gasteiger partial charge on any atom is -0.201 e. The van der Waals surface area contributed by atoms with Gasteiger partial charge in [-0.05, 0) is 322 Å². The maximum Gasteiger partial charge on any atom is 0.213 e. The van der Waals surface area contributed by atoms with E-state index < -0.39 is 34.3 Å². The summed E-state index contributed by atoms with van der Waals surface area (Å²) in [4.78, 5) is 0. The monoisotopic (exact) mass is 1690 g/mol. The number of nitrogens with zero attached hydrogens (tertiary/aromatic N) is 10. The summed E-state index contributed by atoms with van der Waals surface area (Å²) in [5.41, 5.74) is 47.5. The molecule has 0 saturated heterocycles. The summed E-state index contributed by atoms with van der Waals surface area (Å²) in [7, 11) is 20.0. The molecule has 0 fully saturated rings. The van der Waals surface area contributed by atoms with E-state index in [1.807, 2.05) is 71.6 Å². The Bertz CT molecular complexity index is 7320. The molecule has 0 saturated carbocycles. The van der Waals surface area contributed by atoms with Gasteiger partial charge in [0.2, 0.25) is 56.9 Å². The Labute approximate surface area is 777 Å². The van der Waals surface area contributed by atoms with Crippen LogP contribution in [-0.4, -0.2) is 0 Å². The quantitative estimate of drug-likeness (QED) is 0.122. The fourth-order valence-corrected chi connectivity index (χ4v) is 19.0. The molecule has 10 heterocycles. The minimum absolute atomic E-state index is 0.117. The summed E-state index contributed by atoms with van der Waals surface area (Å²) in [5.74, 6) is 0. The fraction of sp³-hybridized carbons (Fsp3) is 0.310. The molecule has 15 aromatic rings. The summed E-state index contributed by atoms with van der Waals surface area (Å²) in [6.07, 6.45) is 19.9. The van der Waals surface area contributed by atoms with Crippen LogP contribution in [0.1, 0.15) is 165 Å². The van der Waals surface area contributed by atoms with E-state index in [9.17, 15) is 0 Å². The molecule has 10 aromatic heterocycles. The van der Waals surface area contributed by atoms with Gasteiger partial charge in [-0.15, -0.1) is 0 Å². The molecule has 0 aliphatic carbocycles. The van der Waals surface area contributed by atoms with Gasteiger partial charge in [-0.2, -0.15) is 0 Å². The molecule has 0 N–H and O–H groups in total. The first kappa shape index (κ1) is 75.0. The summed E-state index contributed by atoms with van der Waals surface area (Å²) in [6, 6.07) is 48.4. The highest BCUT2D eigenvalue weighted by atomic mass is 15.0. The lowest BCUT2D eigenvalue weighted by atomic mass is 9.89. The van der Waals surface area contributed by atoms with Crippen molar-refractivity contribution >= 4 is 0 Å². The molecular formula is C116H142N10+10. The minimum atomic E-state index is -2.43. The van der Waals surface area contributed by atoms with Crippen molar-refractivity contribution in [1.29, 1.82) is 0 Å². The molecule has 0 spiro atoms. The zero-order valence-electron chi connectivity index (χ0n) is 95.6. The number of rotatable bonds is 10. The lowest BCUT2D eigenvalue weighted by molar-refractivity contribution is -0.661. The first-order valence-corrected chi connectivity index (χ1v) is 43.3. The van der Waals surface area contributed by atoms with Gasteiger partial charge in [0.05, 0.1) is 55.6 Å². The van der Waals surface area contributed by atoms with Crippen LogP contribution in [-0.2, 0) is 70.5 Å². The van der Waals surface area contributed by atoms with Gasteiger partial charge in [-0.1, -0.05) is 30.3 Å². The SMILES string of the molecule is Cc1cc[n+](C)c(-c2c(C)cc(C)c(-c3ccc(C)c[n+]3C)c2C)c1.Cc1ccc(-c2c(C)cc(C)c(-c3cc(C)c(C)c[n+]3C)c2C)[n+](C)c1.Cc1ccc(-c2c(C)cc(C)c(-c3ccc(C)c[n+]3C)c2C)[n+](C)c1.[2H]C([2H])([2H])c1cc[n+](C)c(-c2c(C([2H])([2H])[2H])cc(C)c(-c3ccc(C([2H])([2H])[2H])c[n+]3C)c2C)c1.[2H]C([2H])([2H])c1ccc(-c2c(C)cc(C([2H])([2H])[2H])c(-c3ccc(C)c[n+]3C)c2C)[n+](C)c1. The van der Waals surface area contributed by atoms with Crippen molar-refractivity contribution in [3.63, 3.8) is 0 Å². The van der Waals surface area contributed by atoms with E-state index in [0.29, 0.717) is 27.9 Å². The van der Waals surface area contributed by atoms with Gasteiger partial charge in [-0.3, -0.25) is 0 Å². The van der Waals surface area contributed by atoms with Crippen molar-refractivity contribution in [3.05, 3.63) is 352 Å². The molecule has 126 heavy (non-hydrogen) atoms. The van der Waals surface area contributed by atoms with Crippen LogP contribution in [0.3, 0.4) is 0 Å². The van der Waals surface area contributed by atoms with Crippen LogP contribution in [0.15, 0.2) is 208 Å². The molecule has 0 unspecified atom stereocenters. The average molecular weight is 1690 g/mol. The maximum atomic E-state index is 8.16. The van der Waals surface area contributed by atoms with Crippen molar-refractivity contribution in [3.8, 4) is 113 Å². The molecule has 10 heteroatoms. The first-order valence-electron chi connectivity index (χ1n) is 50.8. The molecule has 15 rings (SSSR count). The smallest absolute Gasteiger partial charge is 0.201 e. The summed E-state index contributed by atoms with van der Waals surface area (Å²) in [5, 5.41) is 0. The van der Waals surface area contributed by atoms with Crippen LogP contribution < -0.4 is 45.7 Å². The Morgan fingerprint density at radius 1 is 0.151 bits per heavy atom. The summed E-state index contributed by atoms with van der Waals surface area (Å²) < 4.78 is 139. The largest absolute Gasteiger partial charge is 0.213 e. The first-order chi connectivity index (χ1) is 65.4. The molecule has 5 aromatic carbocycles. The van der Waals surface area contributed by atoms with Gasteiger partial charge in [0, 0.05) is 138 Å². The van der Waals surface area contributed by atoms with Gasteiger partial charge in [-0.25, -0.2) is 45.7 Å². The number of benzene rings is 5. The van der Waals surface area contributed by atoms with E-state index >= 15 is 0 Å². The standard InChI is InChI=1S/C24H30N2.4C23H28N2/c1-15-9-10-21(25(7)13-15)23-17(3)11-18(4)24(20(23)6)22-12-16(2)19(5)14-26(22)8;2*1-15-8-10-20(24(6)13-15)22-17(3)12-18(4)23(19(22)5)21-11-9-16(2)14-25(21)7;2*1-15-10-11-24(6)21(12-15)23-18(4)13-17(3)22(19(23)5)20-9-8-16(2)14-25(20)7/h9-14H,1-8H3;4*8-14H,1-7H3/q5*+2/i;1D3,4D3;;1D3,2D3,4D3;. The maximum absolute atomic E-state index is 8.16. The van der Waals surface area contributed by atoms with Crippen LogP contribution in [0.2, 0.25) is 0 Å². The van der Waals surface area contributed by atoms with E-state index in [-0.39, 0.29) is 22.3 Å². The summed E-state index contributed by atoms with van der Waals surface area (Å²) in [6.45, 7) is 33.1. The highest BCUT2D eigenvalue weighted by Gasteiger charge is 2.31. The number of hydrogen-bond donors (Lipinski definition) is 0. The van der Waals surface area contributed by atoms with Crippen molar-refractivity contribution in [1.82, 2.24) is 0 Å². The molecule has 0 amide bonds. The Morgan fingerprint density at radius 2 is 0.349 bits per heavy atom. The topological polar surface area (TPSA) is 38.8 Å². The van der Waals surface area contributed by atoms with E-state index in [2.05, 4.69) is 303 Å². The zero-order chi connectivity index (χ0) is 105. The predicted molar refractivity (Wildman–Crippen MR) is 521 cm³/mol. The molecule has 0 atom stereocenters. The Morgan fingerprint density at radius 3 is 0.603 bits per heavy atom. The second kappa shape index (κ2) is 39.0. The van der Waals surface area contributed by atoms with E-state index in [1.54, 1.807) is 82.8 Å². The molecular weight excluding hydrogens is 1530 g/mol. The van der Waals surface area contributed by atoms with Gasteiger partial charge in [0.1, 0.15) is 70.5 Å². The normalized spacial score (nSPS) is 13.3. The third kappa shape index (κ3) is 20.1. The lowest BCUT2D eigenvalue weighted by Gasteiger charge is -2.16. The van der Waals surface area contributed by atoms with E-state index in [4.69, 9.17) is 20.6 Å². The van der Waals surface area contributed by atoms with Crippen molar-refractivity contribution in [2.75, 3.05) is 0 Å². The molecule has 10 nitrogen and oxygen atoms in total. The number of aromatic nitrogens is 10. The Hall–Kier alpha value is -12.4. The second-order valence-electron chi connectivity index (χ2n) is 35.5. The Kier molecular flexibility index (Phi) is 23.2. The molecule has 646 valence electrons. The number of hydrogen-bond acceptors (Lipinski definition) is 0. The average Bonchev–Trinajstić information content (AvgIpc) is 0.576. The highest BCUT2D eigenvalue weighted by Crippen LogP contribution is 2.41. The van der Waals surface area contributed by atoms with Crippen molar-refractivity contribution < 1.29 is 66.2 Å². The van der Waals surface area contributed by atoms with Crippen LogP contribution in [0.25, 0.3) is 113 Å². The third-order valence-electron chi connectivity index (χ3n) is 24.9. The van der Waals surface area contributed by atoms with Gasteiger partial charge < -0.3 is 0 Å². The van der Waals surface area contributed by atoms with E-state index in [1.165, 1.54) is 169 Å². The van der Waals surface area contributed by atoms with Crippen LogP contribution >= 0.6 is 0 Å². The third-order valence-corrected chi connectivity index (χ3v) is 24.9. The van der Waals surface area contributed by atoms with Gasteiger partial charge in [0.25, 0.3) is 0 Å². The van der Waals surface area contributed by atoms with Crippen LogP contribution in [0, 0.1) is 180 Å². The fourth-order valence-electron chi connectivity index (χ4n) is 19.0. The molecule has 0 aliphatic rings. The molecule has 0 aliphatic heterocycles. The number of aryl methyl sites for hydroxylation is 31. The second-order valence-corrected chi connectivity index (χ2v) is 35.5. The van der Waals surface area contributed by atoms with Gasteiger partial charge >= 0.3 is 0 Å². The van der Waals surface area contributed by atoms with Crippen molar-refractivity contribution in [2.45, 2.75) is 180 Å². The van der Waals surface area contributed by atoms with Gasteiger partial charge in [0.15, 0.2) is 62.0 Å². The lowest BCUT2D eigenvalue weighted by Crippen LogP contribution is -2.33. The summed E-state index contributed by atoms with van der Waals surface area (Å²) >= 11 is 0. The van der Waals surface area contributed by atoms with E-state index in [0.717, 1.165) is 50.5 Å². The van der Waals surface area contributed by atoms with Crippen LogP contribution in [0.5, 0.6) is 0 Å². The highest BCUT2D eigenvalue weighted by molar-refractivity contribution is 5.83.